The van der Waals surface area contributed by atoms with Gasteiger partial charge in [0.25, 0.3) is 0 Å². The summed E-state index contributed by atoms with van der Waals surface area (Å²) in [5, 5.41) is 3.08. The molecule has 0 aromatic heterocycles. The van der Waals surface area contributed by atoms with E-state index in [0.717, 1.165) is 18.5 Å². The summed E-state index contributed by atoms with van der Waals surface area (Å²) >= 11 is 0. The van der Waals surface area contributed by atoms with Gasteiger partial charge in [0.1, 0.15) is 0 Å². The maximum atomic E-state index is 13.0. The number of nitrogens with zero attached hydrogens (tertiary/aromatic N) is 2. The zero-order valence-corrected chi connectivity index (χ0v) is 20.0. The van der Waals surface area contributed by atoms with Crippen LogP contribution in [0.3, 0.4) is 0 Å². The summed E-state index contributed by atoms with van der Waals surface area (Å²) in [4.78, 5) is 15.4. The van der Waals surface area contributed by atoms with Crippen LogP contribution in [0.1, 0.15) is 70.3 Å². The summed E-state index contributed by atoms with van der Waals surface area (Å²) in [6, 6.07) is 7.19. The molecule has 0 aliphatic carbocycles. The Labute approximate surface area is 188 Å². The Morgan fingerprint density at radius 1 is 1.00 bits per heavy atom. The lowest BCUT2D eigenvalue weighted by molar-refractivity contribution is -0.126. The topological polar surface area (TPSA) is 69.7 Å². The number of carbonyl (C=O) groups is 1. The minimum Gasteiger partial charge on any atom is -0.356 e. The molecule has 2 heterocycles. The highest BCUT2D eigenvalue weighted by molar-refractivity contribution is 7.89. The van der Waals surface area contributed by atoms with E-state index in [4.69, 9.17) is 0 Å². The maximum absolute atomic E-state index is 13.0. The number of likely N-dealkylation sites (tertiary alicyclic amines) is 1. The second kappa shape index (κ2) is 11.4. The molecule has 1 N–H and O–H groups in total. The second-order valence-electron chi connectivity index (χ2n) is 9.30. The minimum atomic E-state index is -3.49. The summed E-state index contributed by atoms with van der Waals surface area (Å²) in [6.07, 6.45) is 7.40. The fourth-order valence-corrected chi connectivity index (χ4v) is 6.02. The fourth-order valence-electron chi connectivity index (χ4n) is 4.55. The van der Waals surface area contributed by atoms with Gasteiger partial charge in [0.15, 0.2) is 0 Å². The summed E-state index contributed by atoms with van der Waals surface area (Å²) < 4.78 is 27.4. The van der Waals surface area contributed by atoms with Crippen LogP contribution in [0.2, 0.25) is 0 Å². The third kappa shape index (κ3) is 6.77. The number of carbonyl (C=O) groups excluding carboxylic acids is 1. The maximum Gasteiger partial charge on any atom is 0.243 e. The molecule has 0 radical (unpaired) electrons. The Morgan fingerprint density at radius 2 is 1.61 bits per heavy atom. The lowest BCUT2D eigenvalue weighted by atomic mass is 9.97. The molecule has 1 aromatic rings. The van der Waals surface area contributed by atoms with E-state index in [1.165, 1.54) is 43.1 Å². The highest BCUT2D eigenvalue weighted by Crippen LogP contribution is 2.25. The number of rotatable bonds is 8. The summed E-state index contributed by atoms with van der Waals surface area (Å²) in [7, 11) is -3.49. The molecule has 7 heteroatoms. The van der Waals surface area contributed by atoms with Crippen molar-refractivity contribution in [1.82, 2.24) is 14.5 Å². The van der Waals surface area contributed by atoms with E-state index in [1.54, 1.807) is 12.1 Å². The third-order valence-electron chi connectivity index (χ3n) is 6.66. The molecule has 0 bridgehead atoms. The van der Waals surface area contributed by atoms with Crippen molar-refractivity contribution < 1.29 is 13.2 Å². The standard InChI is InChI=1S/C24H39N3O3S/c1-20(2)21-8-10-23(11-9-21)31(29,30)27-18-12-22(13-19-27)24(28)25-14-7-17-26-15-5-3-4-6-16-26/h8-11,20,22H,3-7,12-19H2,1-2H3,(H,25,28). The molecule has 2 saturated heterocycles. The van der Waals surface area contributed by atoms with E-state index in [1.807, 2.05) is 12.1 Å². The van der Waals surface area contributed by atoms with E-state index < -0.39 is 10.0 Å². The summed E-state index contributed by atoms with van der Waals surface area (Å²) in [5.74, 6) is 0.359. The van der Waals surface area contributed by atoms with E-state index in [-0.39, 0.29) is 11.8 Å². The molecule has 0 unspecified atom stereocenters. The quantitative estimate of drug-likeness (QED) is 0.616. The highest BCUT2D eigenvalue weighted by Gasteiger charge is 2.32. The molecule has 174 valence electrons. The number of nitrogens with one attached hydrogen (secondary N) is 1. The summed E-state index contributed by atoms with van der Waals surface area (Å²) in [5.41, 5.74) is 1.13. The summed E-state index contributed by atoms with van der Waals surface area (Å²) in [6.45, 7) is 9.10. The number of benzene rings is 1. The molecule has 0 saturated carbocycles. The normalized spacial score (nSPS) is 20.0. The zero-order chi connectivity index (χ0) is 22.3. The number of sulfonamides is 1. The van der Waals surface area contributed by atoms with Crippen molar-refractivity contribution in [3.05, 3.63) is 29.8 Å². The Hall–Kier alpha value is -1.44. The number of hydrogen-bond donors (Lipinski definition) is 1. The van der Waals surface area contributed by atoms with E-state index in [0.29, 0.717) is 43.3 Å². The van der Waals surface area contributed by atoms with Crippen LogP contribution in [0.15, 0.2) is 29.2 Å². The van der Waals surface area contributed by atoms with Gasteiger partial charge < -0.3 is 10.2 Å². The van der Waals surface area contributed by atoms with Crippen LogP contribution < -0.4 is 5.32 Å². The van der Waals surface area contributed by atoms with Crippen molar-refractivity contribution in [3.8, 4) is 0 Å². The first-order chi connectivity index (χ1) is 14.9. The fraction of sp³-hybridized carbons (Fsp3) is 0.708. The van der Waals surface area contributed by atoms with Crippen molar-refractivity contribution >= 4 is 15.9 Å². The van der Waals surface area contributed by atoms with Gasteiger partial charge in [-0.05, 0) is 75.4 Å². The second-order valence-corrected chi connectivity index (χ2v) is 11.2. The first kappa shape index (κ1) is 24.2. The van der Waals surface area contributed by atoms with Crippen LogP contribution in [-0.2, 0) is 14.8 Å². The van der Waals surface area contributed by atoms with Crippen LogP contribution in [-0.4, -0.2) is 62.8 Å². The first-order valence-electron chi connectivity index (χ1n) is 12.0. The van der Waals surface area contributed by atoms with Gasteiger partial charge in [-0.3, -0.25) is 4.79 Å². The van der Waals surface area contributed by atoms with Gasteiger partial charge in [-0.15, -0.1) is 0 Å². The molecule has 3 rings (SSSR count). The molecule has 6 nitrogen and oxygen atoms in total. The van der Waals surface area contributed by atoms with Crippen molar-refractivity contribution in [2.24, 2.45) is 5.92 Å². The molecule has 0 spiro atoms. The molecule has 2 aliphatic rings. The van der Waals surface area contributed by atoms with Gasteiger partial charge >= 0.3 is 0 Å². The zero-order valence-electron chi connectivity index (χ0n) is 19.2. The van der Waals surface area contributed by atoms with E-state index in [2.05, 4.69) is 24.1 Å². The van der Waals surface area contributed by atoms with Crippen molar-refractivity contribution in [2.45, 2.75) is 69.6 Å². The number of piperidine rings is 1. The van der Waals surface area contributed by atoms with Crippen LogP contribution >= 0.6 is 0 Å². The molecule has 31 heavy (non-hydrogen) atoms. The third-order valence-corrected chi connectivity index (χ3v) is 8.57. The Kier molecular flexibility index (Phi) is 8.93. The van der Waals surface area contributed by atoms with Crippen molar-refractivity contribution in [1.29, 1.82) is 0 Å². The number of amides is 1. The lowest BCUT2D eigenvalue weighted by Crippen LogP contribution is -2.43. The van der Waals surface area contributed by atoms with Gasteiger partial charge in [0.2, 0.25) is 15.9 Å². The van der Waals surface area contributed by atoms with E-state index >= 15 is 0 Å². The van der Waals surface area contributed by atoms with Gasteiger partial charge in [0.05, 0.1) is 4.90 Å². The van der Waals surface area contributed by atoms with Gasteiger partial charge in [-0.1, -0.05) is 38.8 Å². The molecule has 2 aliphatic heterocycles. The average Bonchev–Trinajstić information content (AvgIpc) is 3.05. The lowest BCUT2D eigenvalue weighted by Gasteiger charge is -2.30. The molecule has 1 amide bonds. The molecule has 1 aromatic carbocycles. The highest BCUT2D eigenvalue weighted by atomic mass is 32.2. The van der Waals surface area contributed by atoms with Crippen LogP contribution in [0.5, 0.6) is 0 Å². The molecular formula is C24H39N3O3S. The largest absolute Gasteiger partial charge is 0.356 e. The predicted octanol–water partition coefficient (Wildman–Crippen LogP) is 3.59. The van der Waals surface area contributed by atoms with Crippen LogP contribution in [0, 0.1) is 5.92 Å². The van der Waals surface area contributed by atoms with Crippen LogP contribution in [0.4, 0.5) is 0 Å². The van der Waals surface area contributed by atoms with Crippen LogP contribution in [0.25, 0.3) is 0 Å². The van der Waals surface area contributed by atoms with Crippen molar-refractivity contribution in [2.75, 3.05) is 39.3 Å². The molecule has 2 fully saturated rings. The minimum absolute atomic E-state index is 0.0780. The van der Waals surface area contributed by atoms with Gasteiger partial charge in [0, 0.05) is 25.6 Å². The van der Waals surface area contributed by atoms with E-state index in [9.17, 15) is 13.2 Å². The SMILES string of the molecule is CC(C)c1ccc(S(=O)(=O)N2CCC(C(=O)NCCCN3CCCCCC3)CC2)cc1. The monoisotopic (exact) mass is 449 g/mol. The smallest absolute Gasteiger partial charge is 0.243 e. The predicted molar refractivity (Wildman–Crippen MR) is 125 cm³/mol. The average molecular weight is 450 g/mol. The van der Waals surface area contributed by atoms with Gasteiger partial charge in [-0.25, -0.2) is 8.42 Å². The van der Waals surface area contributed by atoms with Gasteiger partial charge in [-0.2, -0.15) is 4.31 Å². The van der Waals surface area contributed by atoms with Crippen molar-refractivity contribution in [3.63, 3.8) is 0 Å². The Bertz CT molecular complexity index is 792. The number of hydrogen-bond acceptors (Lipinski definition) is 4. The first-order valence-corrected chi connectivity index (χ1v) is 13.4. The Morgan fingerprint density at radius 3 is 2.19 bits per heavy atom. The molecular weight excluding hydrogens is 410 g/mol. The Balaban J connectivity index is 1.41. The molecule has 0 atom stereocenters.